The van der Waals surface area contributed by atoms with E-state index in [1.807, 2.05) is 6.92 Å². The van der Waals surface area contributed by atoms with E-state index in [1.54, 1.807) is 0 Å². The first-order chi connectivity index (χ1) is 9.58. The molecule has 0 bridgehead atoms. The number of hydrogen-bond acceptors (Lipinski definition) is 2. The lowest BCUT2D eigenvalue weighted by molar-refractivity contribution is 0.635. The fourth-order valence-corrected chi connectivity index (χ4v) is 2.80. The number of nitrogens with two attached hydrogens (primary N) is 1. The zero-order valence-electron chi connectivity index (χ0n) is 13.0. The number of benzene rings is 1. The predicted molar refractivity (Wildman–Crippen MR) is 83.9 cm³/mol. The van der Waals surface area contributed by atoms with Crippen molar-refractivity contribution in [3.8, 4) is 0 Å². The van der Waals surface area contributed by atoms with Crippen LogP contribution in [-0.4, -0.2) is 9.78 Å². The molecule has 3 nitrogen and oxygen atoms in total. The number of aryl methyl sites for hydroxylation is 2. The summed E-state index contributed by atoms with van der Waals surface area (Å²) in [5.41, 5.74) is 12.4. The van der Waals surface area contributed by atoms with Crippen molar-refractivity contribution in [2.24, 2.45) is 5.73 Å². The normalized spacial score (nSPS) is 12.7. The first-order valence-corrected chi connectivity index (χ1v) is 7.47. The first-order valence-electron chi connectivity index (χ1n) is 7.47. The highest BCUT2D eigenvalue weighted by Crippen LogP contribution is 2.23. The van der Waals surface area contributed by atoms with Gasteiger partial charge in [-0.25, -0.2) is 0 Å². The van der Waals surface area contributed by atoms with Crippen molar-refractivity contribution in [3.63, 3.8) is 0 Å². The van der Waals surface area contributed by atoms with Crippen molar-refractivity contribution >= 4 is 0 Å². The molecule has 2 aromatic rings. The second-order valence-electron chi connectivity index (χ2n) is 5.39. The summed E-state index contributed by atoms with van der Waals surface area (Å²) in [5.74, 6) is 0. The Morgan fingerprint density at radius 3 is 2.45 bits per heavy atom. The standard InChI is InChI=1S/C17H25N3/c1-5-15-17(13(4)18)16(6-2)20(19-15)11-14-10-8-7-9-12(14)3/h7-10,13H,5-6,11,18H2,1-4H3. The highest BCUT2D eigenvalue weighted by atomic mass is 15.3. The molecule has 1 aromatic carbocycles. The fourth-order valence-electron chi connectivity index (χ4n) is 2.80. The van der Waals surface area contributed by atoms with Crippen LogP contribution >= 0.6 is 0 Å². The molecule has 0 fully saturated rings. The SMILES string of the molecule is CCc1nn(Cc2ccccc2C)c(CC)c1C(C)N. The van der Waals surface area contributed by atoms with Gasteiger partial charge in [0.15, 0.2) is 0 Å². The van der Waals surface area contributed by atoms with E-state index in [2.05, 4.69) is 49.7 Å². The highest BCUT2D eigenvalue weighted by Gasteiger charge is 2.18. The van der Waals surface area contributed by atoms with Crippen LogP contribution in [0.5, 0.6) is 0 Å². The molecule has 1 atom stereocenters. The van der Waals surface area contributed by atoms with Crippen LogP contribution in [0.2, 0.25) is 0 Å². The molecule has 2 rings (SSSR count). The molecule has 1 aromatic heterocycles. The van der Waals surface area contributed by atoms with E-state index in [0.29, 0.717) is 0 Å². The monoisotopic (exact) mass is 271 g/mol. The Morgan fingerprint density at radius 1 is 1.20 bits per heavy atom. The Morgan fingerprint density at radius 2 is 1.90 bits per heavy atom. The first kappa shape index (κ1) is 14.8. The van der Waals surface area contributed by atoms with E-state index in [0.717, 1.165) is 25.1 Å². The van der Waals surface area contributed by atoms with E-state index >= 15 is 0 Å². The summed E-state index contributed by atoms with van der Waals surface area (Å²) in [7, 11) is 0. The fraction of sp³-hybridized carbons (Fsp3) is 0.471. The molecule has 0 saturated carbocycles. The molecule has 0 aliphatic heterocycles. The largest absolute Gasteiger partial charge is 0.324 e. The number of aromatic nitrogens is 2. The topological polar surface area (TPSA) is 43.8 Å². The van der Waals surface area contributed by atoms with Gasteiger partial charge < -0.3 is 5.73 Å². The molecule has 108 valence electrons. The molecule has 0 saturated heterocycles. The Balaban J connectivity index is 2.44. The van der Waals surface area contributed by atoms with Gasteiger partial charge in [-0.05, 0) is 37.8 Å². The van der Waals surface area contributed by atoms with Gasteiger partial charge in [-0.1, -0.05) is 38.1 Å². The number of hydrogen-bond donors (Lipinski definition) is 1. The van der Waals surface area contributed by atoms with Gasteiger partial charge in [-0.3, -0.25) is 4.68 Å². The minimum atomic E-state index is 0.0468. The summed E-state index contributed by atoms with van der Waals surface area (Å²) >= 11 is 0. The third-order valence-electron chi connectivity index (χ3n) is 3.88. The summed E-state index contributed by atoms with van der Waals surface area (Å²) in [6.07, 6.45) is 1.90. The van der Waals surface area contributed by atoms with Crippen molar-refractivity contribution in [2.45, 2.75) is 53.1 Å². The van der Waals surface area contributed by atoms with Gasteiger partial charge in [0.25, 0.3) is 0 Å². The molecule has 1 heterocycles. The van der Waals surface area contributed by atoms with Crippen LogP contribution in [0.25, 0.3) is 0 Å². The molecule has 1 unspecified atom stereocenters. The second kappa shape index (κ2) is 6.23. The van der Waals surface area contributed by atoms with E-state index in [1.165, 1.54) is 22.4 Å². The second-order valence-corrected chi connectivity index (χ2v) is 5.39. The summed E-state index contributed by atoms with van der Waals surface area (Å²) < 4.78 is 2.14. The van der Waals surface area contributed by atoms with Crippen molar-refractivity contribution in [1.82, 2.24) is 9.78 Å². The van der Waals surface area contributed by atoms with Gasteiger partial charge in [-0.2, -0.15) is 5.10 Å². The highest BCUT2D eigenvalue weighted by molar-refractivity contribution is 5.32. The third-order valence-corrected chi connectivity index (χ3v) is 3.88. The Bertz CT molecular complexity index is 582. The van der Waals surface area contributed by atoms with E-state index in [4.69, 9.17) is 10.8 Å². The molecule has 0 aliphatic rings. The summed E-state index contributed by atoms with van der Waals surface area (Å²) in [6, 6.07) is 8.54. The maximum absolute atomic E-state index is 6.15. The molecule has 0 amide bonds. The Hall–Kier alpha value is -1.61. The van der Waals surface area contributed by atoms with Crippen molar-refractivity contribution < 1.29 is 0 Å². The average Bonchev–Trinajstić information content (AvgIpc) is 2.79. The molecule has 20 heavy (non-hydrogen) atoms. The van der Waals surface area contributed by atoms with Crippen LogP contribution in [0.4, 0.5) is 0 Å². The van der Waals surface area contributed by atoms with Gasteiger partial charge in [0, 0.05) is 17.3 Å². The van der Waals surface area contributed by atoms with Crippen LogP contribution in [0, 0.1) is 6.92 Å². The van der Waals surface area contributed by atoms with Gasteiger partial charge in [-0.15, -0.1) is 0 Å². The lowest BCUT2D eigenvalue weighted by Gasteiger charge is -2.11. The van der Waals surface area contributed by atoms with Gasteiger partial charge in [0.2, 0.25) is 0 Å². The summed E-state index contributed by atoms with van der Waals surface area (Å²) in [4.78, 5) is 0. The molecular formula is C17H25N3. The minimum absolute atomic E-state index is 0.0468. The number of nitrogens with zero attached hydrogens (tertiary/aromatic N) is 2. The maximum Gasteiger partial charge on any atom is 0.0672 e. The van der Waals surface area contributed by atoms with Crippen LogP contribution in [0.1, 0.15) is 54.9 Å². The number of rotatable bonds is 5. The Kier molecular flexibility index (Phi) is 4.61. The molecule has 2 N–H and O–H groups in total. The lowest BCUT2D eigenvalue weighted by atomic mass is 10.0. The van der Waals surface area contributed by atoms with E-state index in [-0.39, 0.29) is 6.04 Å². The zero-order chi connectivity index (χ0) is 14.7. The van der Waals surface area contributed by atoms with Crippen molar-refractivity contribution in [1.29, 1.82) is 0 Å². The van der Waals surface area contributed by atoms with Crippen molar-refractivity contribution in [2.75, 3.05) is 0 Å². The van der Waals surface area contributed by atoms with Crippen LogP contribution in [0.15, 0.2) is 24.3 Å². The van der Waals surface area contributed by atoms with Gasteiger partial charge in [0.05, 0.1) is 12.2 Å². The van der Waals surface area contributed by atoms with Crippen molar-refractivity contribution in [3.05, 3.63) is 52.3 Å². The smallest absolute Gasteiger partial charge is 0.0672 e. The molecule has 3 heteroatoms. The molecule has 0 spiro atoms. The van der Waals surface area contributed by atoms with Gasteiger partial charge >= 0.3 is 0 Å². The van der Waals surface area contributed by atoms with E-state index in [9.17, 15) is 0 Å². The molecule has 0 radical (unpaired) electrons. The third kappa shape index (κ3) is 2.78. The van der Waals surface area contributed by atoms with Crippen LogP contribution < -0.4 is 5.73 Å². The summed E-state index contributed by atoms with van der Waals surface area (Å²) in [6.45, 7) is 9.35. The summed E-state index contributed by atoms with van der Waals surface area (Å²) in [5, 5.41) is 4.79. The van der Waals surface area contributed by atoms with Crippen LogP contribution in [0.3, 0.4) is 0 Å². The molecular weight excluding hydrogens is 246 g/mol. The lowest BCUT2D eigenvalue weighted by Crippen LogP contribution is -2.11. The molecule has 0 aliphatic carbocycles. The zero-order valence-corrected chi connectivity index (χ0v) is 13.0. The maximum atomic E-state index is 6.15. The quantitative estimate of drug-likeness (QED) is 0.906. The minimum Gasteiger partial charge on any atom is -0.324 e. The van der Waals surface area contributed by atoms with Crippen LogP contribution in [-0.2, 0) is 19.4 Å². The Labute approximate surface area is 121 Å². The predicted octanol–water partition coefficient (Wildman–Crippen LogP) is 3.38. The van der Waals surface area contributed by atoms with Gasteiger partial charge in [0.1, 0.15) is 0 Å². The average molecular weight is 271 g/mol. The van der Waals surface area contributed by atoms with E-state index < -0.39 is 0 Å².